The van der Waals surface area contributed by atoms with Crippen molar-refractivity contribution in [2.75, 3.05) is 25.2 Å². The van der Waals surface area contributed by atoms with E-state index >= 15 is 0 Å². The third-order valence-corrected chi connectivity index (χ3v) is 3.94. The number of anilines is 1. The molecule has 6 nitrogen and oxygen atoms in total. The van der Waals surface area contributed by atoms with E-state index in [1.165, 1.54) is 0 Å². The number of rotatable bonds is 5. The van der Waals surface area contributed by atoms with Gasteiger partial charge in [0, 0.05) is 6.54 Å². The Morgan fingerprint density at radius 1 is 1.35 bits per heavy atom. The second kappa shape index (κ2) is 6.83. The van der Waals surface area contributed by atoms with Gasteiger partial charge >= 0.3 is 0 Å². The van der Waals surface area contributed by atoms with Gasteiger partial charge in [-0.1, -0.05) is 12.1 Å². The lowest BCUT2D eigenvalue weighted by molar-refractivity contribution is 0.194. The molecule has 0 bridgehead atoms. The first-order chi connectivity index (χ1) is 11.2. The molecule has 1 aromatic carbocycles. The van der Waals surface area contributed by atoms with Gasteiger partial charge in [0.1, 0.15) is 5.75 Å². The van der Waals surface area contributed by atoms with E-state index in [0.717, 1.165) is 11.3 Å². The van der Waals surface area contributed by atoms with E-state index in [0.29, 0.717) is 31.3 Å². The third-order valence-electron chi connectivity index (χ3n) is 3.94. The van der Waals surface area contributed by atoms with Gasteiger partial charge in [-0.05, 0) is 31.0 Å². The minimum Gasteiger partial charge on any atom is -0.497 e. The Hall–Kier alpha value is -2.34. The Morgan fingerprint density at radius 3 is 3.00 bits per heavy atom. The number of aliphatic hydroxyl groups is 1. The van der Waals surface area contributed by atoms with Gasteiger partial charge in [-0.2, -0.15) is 4.98 Å². The molecule has 122 valence electrons. The van der Waals surface area contributed by atoms with E-state index in [9.17, 15) is 5.11 Å². The fourth-order valence-electron chi connectivity index (χ4n) is 2.93. The SMILES string of the molecule is CCOc1cncc(N2CC(O)CC2c2cccc(OC)c2)n1. The van der Waals surface area contributed by atoms with E-state index in [2.05, 4.69) is 14.9 Å². The van der Waals surface area contributed by atoms with Gasteiger partial charge < -0.3 is 19.5 Å². The molecule has 1 aromatic heterocycles. The van der Waals surface area contributed by atoms with Crippen molar-refractivity contribution in [1.82, 2.24) is 9.97 Å². The van der Waals surface area contributed by atoms with Crippen LogP contribution in [0.25, 0.3) is 0 Å². The van der Waals surface area contributed by atoms with Crippen molar-refractivity contribution >= 4 is 5.82 Å². The third kappa shape index (κ3) is 3.37. The first-order valence-corrected chi connectivity index (χ1v) is 7.74. The first-order valence-electron chi connectivity index (χ1n) is 7.74. The van der Waals surface area contributed by atoms with Crippen molar-refractivity contribution in [3.8, 4) is 11.6 Å². The van der Waals surface area contributed by atoms with Crippen molar-refractivity contribution in [3.63, 3.8) is 0 Å². The predicted octanol–water partition coefficient (Wildman–Crippen LogP) is 2.20. The van der Waals surface area contributed by atoms with Gasteiger partial charge in [0.05, 0.1) is 38.3 Å². The Balaban J connectivity index is 1.91. The molecule has 1 N–H and O–H groups in total. The molecule has 1 saturated heterocycles. The molecule has 0 saturated carbocycles. The monoisotopic (exact) mass is 315 g/mol. The lowest BCUT2D eigenvalue weighted by Crippen LogP contribution is -2.25. The van der Waals surface area contributed by atoms with Crippen molar-refractivity contribution < 1.29 is 14.6 Å². The summed E-state index contributed by atoms with van der Waals surface area (Å²) in [7, 11) is 1.65. The number of aromatic nitrogens is 2. The lowest BCUT2D eigenvalue weighted by atomic mass is 10.0. The molecule has 0 spiro atoms. The average Bonchev–Trinajstić information content (AvgIpc) is 2.97. The number of aliphatic hydroxyl groups excluding tert-OH is 1. The molecule has 23 heavy (non-hydrogen) atoms. The molecule has 0 aliphatic carbocycles. The fourth-order valence-corrected chi connectivity index (χ4v) is 2.93. The van der Waals surface area contributed by atoms with E-state index in [1.54, 1.807) is 19.5 Å². The highest BCUT2D eigenvalue weighted by Crippen LogP contribution is 2.36. The Labute approximate surface area is 135 Å². The van der Waals surface area contributed by atoms with Crippen LogP contribution in [0.3, 0.4) is 0 Å². The second-order valence-electron chi connectivity index (χ2n) is 5.48. The molecule has 2 heterocycles. The first kappa shape index (κ1) is 15.6. The van der Waals surface area contributed by atoms with Gasteiger partial charge in [-0.25, -0.2) is 0 Å². The zero-order valence-electron chi connectivity index (χ0n) is 13.3. The summed E-state index contributed by atoms with van der Waals surface area (Å²) < 4.78 is 10.7. The zero-order valence-corrected chi connectivity index (χ0v) is 13.3. The summed E-state index contributed by atoms with van der Waals surface area (Å²) in [5, 5.41) is 10.1. The minimum absolute atomic E-state index is 0.0336. The molecule has 2 aromatic rings. The minimum atomic E-state index is -0.399. The average molecular weight is 315 g/mol. The zero-order chi connectivity index (χ0) is 16.2. The van der Waals surface area contributed by atoms with Crippen molar-refractivity contribution in [1.29, 1.82) is 0 Å². The smallest absolute Gasteiger partial charge is 0.234 e. The van der Waals surface area contributed by atoms with Crippen LogP contribution in [0.15, 0.2) is 36.7 Å². The molecule has 6 heteroatoms. The highest BCUT2D eigenvalue weighted by atomic mass is 16.5. The van der Waals surface area contributed by atoms with Crippen molar-refractivity contribution in [3.05, 3.63) is 42.2 Å². The van der Waals surface area contributed by atoms with E-state index in [-0.39, 0.29) is 6.04 Å². The summed E-state index contributed by atoms with van der Waals surface area (Å²) in [4.78, 5) is 10.8. The maximum Gasteiger partial charge on any atom is 0.234 e. The van der Waals surface area contributed by atoms with Crippen LogP contribution in [0.4, 0.5) is 5.82 Å². The van der Waals surface area contributed by atoms with Crippen LogP contribution in [0.5, 0.6) is 11.6 Å². The number of nitrogens with zero attached hydrogens (tertiary/aromatic N) is 3. The molecular formula is C17H21N3O3. The normalized spacial score (nSPS) is 20.6. The molecule has 0 amide bonds. The van der Waals surface area contributed by atoms with Crippen molar-refractivity contribution in [2.45, 2.75) is 25.5 Å². The number of methoxy groups -OCH3 is 1. The number of ether oxygens (including phenoxy) is 2. The molecule has 1 fully saturated rings. The highest BCUT2D eigenvalue weighted by molar-refractivity contribution is 5.45. The predicted molar refractivity (Wildman–Crippen MR) is 86.9 cm³/mol. The number of hydrogen-bond donors (Lipinski definition) is 1. The van der Waals surface area contributed by atoms with Crippen LogP contribution in [-0.2, 0) is 0 Å². The fraction of sp³-hybridized carbons (Fsp3) is 0.412. The van der Waals surface area contributed by atoms with Crippen LogP contribution in [-0.4, -0.2) is 41.4 Å². The molecule has 1 aliphatic heterocycles. The molecule has 3 rings (SSSR count). The van der Waals surface area contributed by atoms with E-state index in [4.69, 9.17) is 9.47 Å². The molecule has 2 unspecified atom stereocenters. The van der Waals surface area contributed by atoms with Crippen molar-refractivity contribution in [2.24, 2.45) is 0 Å². The van der Waals surface area contributed by atoms with Gasteiger partial charge in [0.2, 0.25) is 5.88 Å². The molecule has 1 aliphatic rings. The second-order valence-corrected chi connectivity index (χ2v) is 5.48. The van der Waals surface area contributed by atoms with E-state index in [1.807, 2.05) is 31.2 Å². The van der Waals surface area contributed by atoms with Crippen LogP contribution >= 0.6 is 0 Å². The van der Waals surface area contributed by atoms with Gasteiger partial charge in [0.25, 0.3) is 0 Å². The maximum absolute atomic E-state index is 10.1. The van der Waals surface area contributed by atoms with Gasteiger partial charge in [0.15, 0.2) is 5.82 Å². The number of β-amino-alcohol motifs (C(OH)–C–C–N with tert-alkyl or cyclic N) is 1. The van der Waals surface area contributed by atoms with Crippen LogP contribution in [0, 0.1) is 0 Å². The summed E-state index contributed by atoms with van der Waals surface area (Å²) >= 11 is 0. The highest BCUT2D eigenvalue weighted by Gasteiger charge is 2.33. The summed E-state index contributed by atoms with van der Waals surface area (Å²) in [6.07, 6.45) is 3.55. The largest absolute Gasteiger partial charge is 0.497 e. The Bertz CT molecular complexity index is 665. The van der Waals surface area contributed by atoms with Crippen LogP contribution in [0.2, 0.25) is 0 Å². The van der Waals surface area contributed by atoms with E-state index < -0.39 is 6.10 Å². The van der Waals surface area contributed by atoms with Crippen LogP contribution in [0.1, 0.15) is 24.9 Å². The van der Waals surface area contributed by atoms with Gasteiger partial charge in [-0.3, -0.25) is 4.98 Å². The summed E-state index contributed by atoms with van der Waals surface area (Å²) in [6, 6.07) is 7.94. The quantitative estimate of drug-likeness (QED) is 0.912. The summed E-state index contributed by atoms with van der Waals surface area (Å²) in [6.45, 7) is 2.97. The molecule has 0 radical (unpaired) electrons. The standard InChI is InChI=1S/C17H21N3O3/c1-3-23-17-10-18-9-16(19-17)20-11-13(21)8-15(20)12-5-4-6-14(7-12)22-2/h4-7,9-10,13,15,21H,3,8,11H2,1-2H3. The number of benzene rings is 1. The molecule has 2 atom stereocenters. The lowest BCUT2D eigenvalue weighted by Gasteiger charge is -2.26. The molecular weight excluding hydrogens is 294 g/mol. The summed E-state index contributed by atoms with van der Waals surface area (Å²) in [5.41, 5.74) is 1.09. The Kier molecular flexibility index (Phi) is 4.62. The number of hydrogen-bond acceptors (Lipinski definition) is 6. The Morgan fingerprint density at radius 2 is 2.22 bits per heavy atom. The topological polar surface area (TPSA) is 67.7 Å². The summed E-state index contributed by atoms with van der Waals surface area (Å²) in [5.74, 6) is 2.01. The maximum atomic E-state index is 10.1. The van der Waals surface area contributed by atoms with Gasteiger partial charge in [-0.15, -0.1) is 0 Å². The van der Waals surface area contributed by atoms with Crippen LogP contribution < -0.4 is 14.4 Å².